The first-order valence-corrected chi connectivity index (χ1v) is 6.38. The number of aromatic nitrogens is 3. The molecule has 2 rings (SSSR count). The molecule has 0 amide bonds. The van der Waals surface area contributed by atoms with E-state index in [0.29, 0.717) is 0 Å². The third-order valence-corrected chi connectivity index (χ3v) is 3.79. The van der Waals surface area contributed by atoms with Gasteiger partial charge in [-0.15, -0.1) is 11.3 Å². The highest BCUT2D eigenvalue weighted by atomic mass is 32.2. The molecule has 0 aliphatic heterocycles. The van der Waals surface area contributed by atoms with E-state index in [0.717, 1.165) is 21.6 Å². The van der Waals surface area contributed by atoms with Crippen molar-refractivity contribution in [1.82, 2.24) is 15.0 Å². The summed E-state index contributed by atoms with van der Waals surface area (Å²) in [6.45, 7) is 3.99. The molecule has 0 atom stereocenters. The maximum atomic E-state index is 4.33. The second kappa shape index (κ2) is 4.72. The summed E-state index contributed by atoms with van der Waals surface area (Å²) in [6.07, 6.45) is 3.71. The Hall–Kier alpha value is -0.940. The summed E-state index contributed by atoms with van der Waals surface area (Å²) in [4.78, 5) is 14.0. The van der Waals surface area contributed by atoms with Crippen molar-refractivity contribution in [2.75, 3.05) is 0 Å². The third-order valence-electron chi connectivity index (χ3n) is 1.79. The second-order valence-electron chi connectivity index (χ2n) is 3.11. The first-order valence-electron chi connectivity index (χ1n) is 4.58. The second-order valence-corrected chi connectivity index (χ2v) is 5.38. The first-order chi connectivity index (χ1) is 7.24. The minimum absolute atomic E-state index is 0.834. The topological polar surface area (TPSA) is 38.7 Å². The van der Waals surface area contributed by atoms with E-state index in [-0.39, 0.29) is 0 Å². The molecule has 0 aliphatic carbocycles. The van der Waals surface area contributed by atoms with E-state index in [1.165, 1.54) is 4.88 Å². The van der Waals surface area contributed by atoms with E-state index >= 15 is 0 Å². The molecule has 0 radical (unpaired) electrons. The average molecular weight is 237 g/mol. The maximum absolute atomic E-state index is 4.33. The lowest BCUT2D eigenvalue weighted by molar-refractivity contribution is 0.932. The quantitative estimate of drug-likeness (QED) is 0.608. The van der Waals surface area contributed by atoms with Gasteiger partial charge in [-0.05, 0) is 19.9 Å². The van der Waals surface area contributed by atoms with Crippen LogP contribution in [-0.2, 0) is 5.75 Å². The molecular formula is C10H11N3S2. The van der Waals surface area contributed by atoms with Crippen molar-refractivity contribution in [3.05, 3.63) is 34.0 Å². The van der Waals surface area contributed by atoms with Gasteiger partial charge in [-0.3, -0.25) is 0 Å². The number of hydrogen-bond acceptors (Lipinski definition) is 5. The highest BCUT2D eigenvalue weighted by molar-refractivity contribution is 7.98. The maximum Gasteiger partial charge on any atom is 0.188 e. The molecule has 2 aromatic heterocycles. The molecule has 0 saturated heterocycles. The Morgan fingerprint density at radius 1 is 1.33 bits per heavy atom. The molecule has 5 heteroatoms. The molecule has 2 aromatic rings. The van der Waals surface area contributed by atoms with E-state index in [1.807, 2.05) is 26.1 Å². The van der Waals surface area contributed by atoms with Crippen LogP contribution in [0, 0.1) is 13.8 Å². The summed E-state index contributed by atoms with van der Waals surface area (Å²) in [7, 11) is 0. The van der Waals surface area contributed by atoms with Crippen LogP contribution in [0.15, 0.2) is 23.6 Å². The normalized spacial score (nSPS) is 10.5. The van der Waals surface area contributed by atoms with Crippen LogP contribution in [0.3, 0.4) is 0 Å². The molecule has 0 fully saturated rings. The Morgan fingerprint density at radius 2 is 2.20 bits per heavy atom. The van der Waals surface area contributed by atoms with Gasteiger partial charge in [0.2, 0.25) is 0 Å². The minimum atomic E-state index is 0.834. The monoisotopic (exact) mass is 237 g/mol. The van der Waals surface area contributed by atoms with Gasteiger partial charge in [0.05, 0.1) is 5.01 Å². The molecule has 0 unspecified atom stereocenters. The largest absolute Gasteiger partial charge is 0.250 e. The third kappa shape index (κ3) is 3.00. The molecule has 0 N–H and O–H groups in total. The molecule has 0 aromatic carbocycles. The molecule has 0 spiro atoms. The van der Waals surface area contributed by atoms with Gasteiger partial charge < -0.3 is 0 Å². The fraction of sp³-hybridized carbons (Fsp3) is 0.300. The molecule has 15 heavy (non-hydrogen) atoms. The van der Waals surface area contributed by atoms with Crippen LogP contribution in [0.4, 0.5) is 0 Å². The van der Waals surface area contributed by atoms with Gasteiger partial charge in [-0.1, -0.05) is 11.8 Å². The molecular weight excluding hydrogens is 226 g/mol. The van der Waals surface area contributed by atoms with Crippen LogP contribution in [0.25, 0.3) is 0 Å². The number of thiazole rings is 1. The van der Waals surface area contributed by atoms with E-state index in [9.17, 15) is 0 Å². The lowest BCUT2D eigenvalue weighted by Crippen LogP contribution is -1.88. The van der Waals surface area contributed by atoms with Crippen molar-refractivity contribution >= 4 is 23.1 Å². The van der Waals surface area contributed by atoms with Gasteiger partial charge in [-0.2, -0.15) is 0 Å². The molecule has 78 valence electrons. The van der Waals surface area contributed by atoms with Crippen molar-refractivity contribution in [2.45, 2.75) is 24.8 Å². The summed E-state index contributed by atoms with van der Waals surface area (Å²) < 4.78 is 0. The van der Waals surface area contributed by atoms with Crippen LogP contribution >= 0.6 is 23.1 Å². The van der Waals surface area contributed by atoms with Gasteiger partial charge in [0, 0.05) is 28.7 Å². The Bertz CT molecular complexity index is 453. The Morgan fingerprint density at radius 3 is 2.87 bits per heavy atom. The van der Waals surface area contributed by atoms with E-state index in [2.05, 4.69) is 15.0 Å². The molecule has 0 aliphatic rings. The van der Waals surface area contributed by atoms with Crippen molar-refractivity contribution in [1.29, 1.82) is 0 Å². The van der Waals surface area contributed by atoms with Gasteiger partial charge in [0.1, 0.15) is 0 Å². The SMILES string of the molecule is Cc1ccnc(SCc2cnc(C)s2)n1. The van der Waals surface area contributed by atoms with Crippen LogP contribution in [0.2, 0.25) is 0 Å². The minimum Gasteiger partial charge on any atom is -0.250 e. The first kappa shape index (κ1) is 10.6. The molecule has 0 saturated carbocycles. The lowest BCUT2D eigenvalue weighted by Gasteiger charge is -1.98. The zero-order valence-electron chi connectivity index (χ0n) is 8.60. The number of thioether (sulfide) groups is 1. The Labute approximate surface area is 97.0 Å². The average Bonchev–Trinajstić information content (AvgIpc) is 2.62. The standard InChI is InChI=1S/C10H11N3S2/c1-7-3-4-11-10(13-7)14-6-9-5-12-8(2)15-9/h3-5H,6H2,1-2H3. The van der Waals surface area contributed by atoms with E-state index < -0.39 is 0 Å². The van der Waals surface area contributed by atoms with Crippen molar-refractivity contribution in [3.63, 3.8) is 0 Å². The number of nitrogens with zero attached hydrogens (tertiary/aromatic N) is 3. The summed E-state index contributed by atoms with van der Waals surface area (Å²) >= 11 is 3.37. The fourth-order valence-electron chi connectivity index (χ4n) is 1.10. The molecule has 0 bridgehead atoms. The number of aryl methyl sites for hydroxylation is 2. The number of rotatable bonds is 3. The smallest absolute Gasteiger partial charge is 0.188 e. The van der Waals surface area contributed by atoms with Gasteiger partial charge in [0.15, 0.2) is 5.16 Å². The van der Waals surface area contributed by atoms with Crippen molar-refractivity contribution in [2.24, 2.45) is 0 Å². The summed E-state index contributed by atoms with van der Waals surface area (Å²) in [6, 6.07) is 1.90. The van der Waals surface area contributed by atoms with Crippen LogP contribution in [0.5, 0.6) is 0 Å². The zero-order valence-corrected chi connectivity index (χ0v) is 10.2. The lowest BCUT2D eigenvalue weighted by atomic mass is 10.5. The highest BCUT2D eigenvalue weighted by Crippen LogP contribution is 2.22. The van der Waals surface area contributed by atoms with Gasteiger partial charge in [0.25, 0.3) is 0 Å². The highest BCUT2D eigenvalue weighted by Gasteiger charge is 2.01. The summed E-state index contributed by atoms with van der Waals surface area (Å²) in [5.41, 5.74) is 1.01. The summed E-state index contributed by atoms with van der Waals surface area (Å²) in [5, 5.41) is 1.94. The predicted octanol–water partition coefficient (Wildman–Crippen LogP) is 2.84. The Kier molecular flexibility index (Phi) is 3.33. The Balaban J connectivity index is 1.99. The summed E-state index contributed by atoms with van der Waals surface area (Å²) in [5.74, 6) is 0.898. The van der Waals surface area contributed by atoms with Crippen LogP contribution < -0.4 is 0 Å². The molecule has 2 heterocycles. The van der Waals surface area contributed by atoms with Gasteiger partial charge in [-0.25, -0.2) is 15.0 Å². The van der Waals surface area contributed by atoms with Gasteiger partial charge >= 0.3 is 0 Å². The predicted molar refractivity (Wildman–Crippen MR) is 63.2 cm³/mol. The van der Waals surface area contributed by atoms with Crippen molar-refractivity contribution < 1.29 is 0 Å². The molecule has 3 nitrogen and oxygen atoms in total. The van der Waals surface area contributed by atoms with Crippen molar-refractivity contribution in [3.8, 4) is 0 Å². The van der Waals surface area contributed by atoms with E-state index in [4.69, 9.17) is 0 Å². The van der Waals surface area contributed by atoms with Crippen LogP contribution in [0.1, 0.15) is 15.6 Å². The number of hydrogen-bond donors (Lipinski definition) is 0. The fourth-order valence-corrected chi connectivity index (χ4v) is 2.80. The zero-order chi connectivity index (χ0) is 10.7. The van der Waals surface area contributed by atoms with E-state index in [1.54, 1.807) is 29.3 Å². The van der Waals surface area contributed by atoms with Crippen LogP contribution in [-0.4, -0.2) is 15.0 Å².